The molecular weight excluding hydrogens is 388 g/mol. The van der Waals surface area contributed by atoms with Crippen LogP contribution in [0.15, 0.2) is 18.2 Å². The summed E-state index contributed by atoms with van der Waals surface area (Å²) in [6.45, 7) is -0.328. The van der Waals surface area contributed by atoms with Gasteiger partial charge in [-0.2, -0.15) is 35.4 Å². The molecule has 1 unspecified atom stereocenters. The van der Waals surface area contributed by atoms with E-state index in [0.29, 0.717) is 0 Å². The van der Waals surface area contributed by atoms with Crippen molar-refractivity contribution in [1.29, 1.82) is 0 Å². The molecule has 0 heterocycles. The van der Waals surface area contributed by atoms with Crippen molar-refractivity contribution in [3.8, 4) is 0 Å². The first-order valence-electron chi connectivity index (χ1n) is 5.68. The van der Waals surface area contributed by atoms with E-state index in [2.05, 4.69) is 12.1 Å². The van der Waals surface area contributed by atoms with Gasteiger partial charge in [0.25, 0.3) is 0 Å². The maximum atomic E-state index is 9.29. The first-order chi connectivity index (χ1) is 7.69. The second-order valence-corrected chi connectivity index (χ2v) is 4.68. The first-order valence-corrected chi connectivity index (χ1v) is 5.68. The molecule has 3 nitrogen and oxygen atoms in total. The predicted molar refractivity (Wildman–Crippen MR) is 61.9 cm³/mol. The number of aliphatic hydroxyl groups is 2. The molecule has 1 aromatic rings. The topological polar surface area (TPSA) is 66.5 Å². The summed E-state index contributed by atoms with van der Waals surface area (Å²) in [5.41, 5.74) is 7.76. The Morgan fingerprint density at radius 3 is 2.71 bits per heavy atom. The van der Waals surface area contributed by atoms with Gasteiger partial charge in [-0.3, -0.25) is 0 Å². The Hall–Kier alpha value is -0.238. The largest absolute Gasteiger partial charge is 0.394 e. The standard InChI is InChI=1S/C13H18NO2.Re/c14-13(8-15,9-16)12-6-5-10-3-1-2-4-11(10)7-12;/h2-4,12,15-16H,5-9,14H2;/q-1;. The number of benzene rings is 1. The molecule has 0 amide bonds. The molecule has 0 saturated heterocycles. The van der Waals surface area contributed by atoms with Gasteiger partial charge >= 0.3 is 0 Å². The minimum absolute atomic E-state index is 0. The van der Waals surface area contributed by atoms with Gasteiger partial charge in [-0.1, -0.05) is 12.8 Å². The molecule has 0 spiro atoms. The molecular formula is C13H18NO2Re-. The normalized spacial score (nSPS) is 19.4. The molecule has 0 fully saturated rings. The van der Waals surface area contributed by atoms with Crippen molar-refractivity contribution in [3.63, 3.8) is 0 Å². The van der Waals surface area contributed by atoms with Gasteiger partial charge in [-0.15, -0.1) is 0 Å². The van der Waals surface area contributed by atoms with Crippen LogP contribution in [0, 0.1) is 12.0 Å². The summed E-state index contributed by atoms with van der Waals surface area (Å²) in [5, 5.41) is 18.6. The van der Waals surface area contributed by atoms with Crippen molar-refractivity contribution >= 4 is 0 Å². The average molecular weight is 406 g/mol. The van der Waals surface area contributed by atoms with Crippen molar-refractivity contribution in [1.82, 2.24) is 0 Å². The van der Waals surface area contributed by atoms with Crippen LogP contribution in [0.4, 0.5) is 0 Å². The summed E-state index contributed by atoms with van der Waals surface area (Å²) in [7, 11) is 0. The SMILES string of the molecule is NC(CO)(CO)C1CCc2c[c-]ccc2C1.[Re]. The Morgan fingerprint density at radius 2 is 2.06 bits per heavy atom. The van der Waals surface area contributed by atoms with E-state index in [1.54, 1.807) is 0 Å². The smallest absolute Gasteiger partial charge is 0.0653 e. The summed E-state index contributed by atoms with van der Waals surface area (Å²) in [6.07, 6.45) is 2.71. The van der Waals surface area contributed by atoms with E-state index in [0.717, 1.165) is 19.3 Å². The maximum Gasteiger partial charge on any atom is 0.0653 e. The van der Waals surface area contributed by atoms with Gasteiger partial charge in [0, 0.05) is 20.4 Å². The molecule has 1 aliphatic rings. The summed E-state index contributed by atoms with van der Waals surface area (Å²) < 4.78 is 0. The van der Waals surface area contributed by atoms with Crippen LogP contribution in [0.5, 0.6) is 0 Å². The van der Waals surface area contributed by atoms with Crippen LogP contribution in [0.1, 0.15) is 17.5 Å². The van der Waals surface area contributed by atoms with Crippen LogP contribution in [0.2, 0.25) is 0 Å². The summed E-state index contributed by atoms with van der Waals surface area (Å²) in [6, 6.07) is 9.04. The quantitative estimate of drug-likeness (QED) is 0.632. The fourth-order valence-electron chi connectivity index (χ4n) is 2.43. The van der Waals surface area contributed by atoms with E-state index >= 15 is 0 Å². The predicted octanol–water partition coefficient (Wildman–Crippen LogP) is 0.271. The number of aliphatic hydroxyl groups excluding tert-OH is 2. The summed E-state index contributed by atoms with van der Waals surface area (Å²) in [5.74, 6) is 0.150. The number of nitrogens with two attached hydrogens (primary N) is 1. The average Bonchev–Trinajstić information content (AvgIpc) is 2.37. The molecule has 95 valence electrons. The van der Waals surface area contributed by atoms with Gasteiger partial charge in [0.2, 0.25) is 0 Å². The molecule has 1 aliphatic carbocycles. The van der Waals surface area contributed by atoms with Crippen LogP contribution in [-0.4, -0.2) is 29.0 Å². The second-order valence-electron chi connectivity index (χ2n) is 4.68. The molecule has 2 rings (SSSR count). The van der Waals surface area contributed by atoms with E-state index in [1.807, 2.05) is 12.1 Å². The third-order valence-electron chi connectivity index (χ3n) is 3.68. The third kappa shape index (κ3) is 2.96. The molecule has 1 aromatic carbocycles. The van der Waals surface area contributed by atoms with E-state index < -0.39 is 5.54 Å². The molecule has 1 atom stereocenters. The van der Waals surface area contributed by atoms with Crippen LogP contribution >= 0.6 is 0 Å². The Bertz CT molecular complexity index is 366. The molecule has 4 N–H and O–H groups in total. The fourth-order valence-corrected chi connectivity index (χ4v) is 2.43. The van der Waals surface area contributed by atoms with Crippen LogP contribution in [-0.2, 0) is 33.3 Å². The Balaban J connectivity index is 0.00000144. The Morgan fingerprint density at radius 1 is 1.35 bits per heavy atom. The van der Waals surface area contributed by atoms with Gasteiger partial charge in [-0.25, -0.2) is 0 Å². The van der Waals surface area contributed by atoms with Gasteiger partial charge in [0.15, 0.2) is 0 Å². The molecule has 0 aromatic heterocycles. The van der Waals surface area contributed by atoms with E-state index in [4.69, 9.17) is 5.73 Å². The third-order valence-corrected chi connectivity index (χ3v) is 3.68. The van der Waals surface area contributed by atoms with Gasteiger partial charge < -0.3 is 15.9 Å². The van der Waals surface area contributed by atoms with Gasteiger partial charge in [-0.05, 0) is 12.3 Å². The number of fused-ring (bicyclic) bond motifs is 1. The van der Waals surface area contributed by atoms with Crippen molar-refractivity contribution in [2.24, 2.45) is 11.7 Å². The van der Waals surface area contributed by atoms with Crippen molar-refractivity contribution in [3.05, 3.63) is 35.4 Å². The second kappa shape index (κ2) is 6.08. The van der Waals surface area contributed by atoms with E-state index in [1.165, 1.54) is 11.1 Å². The minimum atomic E-state index is -0.850. The molecule has 17 heavy (non-hydrogen) atoms. The number of hydrogen-bond acceptors (Lipinski definition) is 3. The first kappa shape index (κ1) is 14.8. The molecule has 0 bridgehead atoms. The Labute approximate surface area is 116 Å². The van der Waals surface area contributed by atoms with Crippen LogP contribution < -0.4 is 5.73 Å². The molecule has 0 saturated carbocycles. The van der Waals surface area contributed by atoms with Crippen LogP contribution in [0.25, 0.3) is 0 Å². The van der Waals surface area contributed by atoms with Gasteiger partial charge in [0.1, 0.15) is 0 Å². The van der Waals surface area contributed by atoms with Crippen molar-refractivity contribution in [2.75, 3.05) is 13.2 Å². The zero-order chi connectivity index (χ0) is 11.6. The number of hydrogen-bond donors (Lipinski definition) is 3. The monoisotopic (exact) mass is 407 g/mol. The number of rotatable bonds is 3. The van der Waals surface area contributed by atoms with Crippen molar-refractivity contribution in [2.45, 2.75) is 24.8 Å². The van der Waals surface area contributed by atoms with Crippen molar-refractivity contribution < 1.29 is 30.6 Å². The minimum Gasteiger partial charge on any atom is -0.394 e. The summed E-state index contributed by atoms with van der Waals surface area (Å²) in [4.78, 5) is 0. The zero-order valence-electron chi connectivity index (χ0n) is 9.69. The molecule has 1 radical (unpaired) electrons. The fraction of sp³-hybridized carbons (Fsp3) is 0.538. The summed E-state index contributed by atoms with van der Waals surface area (Å²) >= 11 is 0. The Kier molecular flexibility index (Phi) is 5.30. The van der Waals surface area contributed by atoms with Gasteiger partial charge in [0.05, 0.1) is 18.8 Å². The number of aryl methyl sites for hydroxylation is 1. The molecule has 0 aliphatic heterocycles. The van der Waals surface area contributed by atoms with Crippen LogP contribution in [0.3, 0.4) is 0 Å². The van der Waals surface area contributed by atoms with E-state index in [-0.39, 0.29) is 39.6 Å². The zero-order valence-corrected chi connectivity index (χ0v) is 12.4. The van der Waals surface area contributed by atoms with E-state index in [9.17, 15) is 10.2 Å². The maximum absolute atomic E-state index is 9.29. The molecule has 4 heteroatoms.